The smallest absolute Gasteiger partial charge is 0.248 e. The van der Waals surface area contributed by atoms with Crippen LogP contribution in [0.15, 0.2) is 48.8 Å². The van der Waals surface area contributed by atoms with Crippen molar-refractivity contribution in [2.24, 2.45) is 5.73 Å². The minimum atomic E-state index is -0.432. The summed E-state index contributed by atoms with van der Waals surface area (Å²) in [5.74, 6) is -0.432. The molecule has 1 atom stereocenters. The highest BCUT2D eigenvalue weighted by molar-refractivity contribution is 7.11. The molecule has 0 bridgehead atoms. The molecule has 7 heteroatoms. The molecule has 28 heavy (non-hydrogen) atoms. The summed E-state index contributed by atoms with van der Waals surface area (Å²) >= 11 is 1.74. The second-order valence-corrected chi connectivity index (χ2v) is 8.18. The molecule has 0 aliphatic carbocycles. The van der Waals surface area contributed by atoms with Crippen molar-refractivity contribution in [3.8, 4) is 11.1 Å². The van der Waals surface area contributed by atoms with Gasteiger partial charge < -0.3 is 10.5 Å². The lowest BCUT2D eigenvalue weighted by atomic mass is 10.0. The number of morpholine rings is 1. The van der Waals surface area contributed by atoms with Gasteiger partial charge in [-0.3, -0.25) is 14.7 Å². The average Bonchev–Trinajstić information content (AvgIpc) is 3.13. The Hall–Kier alpha value is -2.61. The number of nitrogens with two attached hydrogens (primary N) is 1. The third kappa shape index (κ3) is 4.27. The fraction of sp³-hybridized carbons (Fsp3) is 0.286. The average molecular weight is 395 g/mol. The van der Waals surface area contributed by atoms with E-state index in [1.165, 1.54) is 4.88 Å². The van der Waals surface area contributed by atoms with E-state index in [9.17, 15) is 4.79 Å². The second kappa shape index (κ2) is 8.18. The maximum Gasteiger partial charge on any atom is 0.248 e. The van der Waals surface area contributed by atoms with Crippen LogP contribution in [0.2, 0.25) is 0 Å². The van der Waals surface area contributed by atoms with Gasteiger partial charge in [-0.15, -0.1) is 11.3 Å². The number of thiazole rings is 1. The molecule has 2 aromatic heterocycles. The van der Waals surface area contributed by atoms with Gasteiger partial charge in [-0.2, -0.15) is 0 Å². The molecular weight excluding hydrogens is 372 g/mol. The van der Waals surface area contributed by atoms with Gasteiger partial charge in [-0.05, 0) is 30.7 Å². The summed E-state index contributed by atoms with van der Waals surface area (Å²) in [5, 5.41) is 1.09. The van der Waals surface area contributed by atoms with E-state index in [-0.39, 0.29) is 6.10 Å². The van der Waals surface area contributed by atoms with E-state index in [1.54, 1.807) is 23.5 Å². The van der Waals surface area contributed by atoms with Crippen LogP contribution < -0.4 is 5.73 Å². The number of nitrogens with zero attached hydrogens (tertiary/aromatic N) is 3. The number of pyridine rings is 1. The molecule has 1 fully saturated rings. The van der Waals surface area contributed by atoms with Gasteiger partial charge in [0.15, 0.2) is 0 Å². The van der Waals surface area contributed by atoms with Crippen LogP contribution in [0.1, 0.15) is 32.0 Å². The minimum Gasteiger partial charge on any atom is -0.369 e. The Balaban J connectivity index is 1.46. The van der Waals surface area contributed by atoms with Crippen molar-refractivity contribution < 1.29 is 9.53 Å². The highest BCUT2D eigenvalue weighted by atomic mass is 32.1. The molecule has 0 radical (unpaired) electrons. The fourth-order valence-corrected chi connectivity index (χ4v) is 4.18. The molecule has 144 valence electrons. The molecule has 1 aliphatic rings. The fourth-order valence-electron chi connectivity index (χ4n) is 3.34. The number of carbonyl (C=O) groups is 1. The first-order chi connectivity index (χ1) is 13.6. The Morgan fingerprint density at radius 2 is 2.14 bits per heavy atom. The Morgan fingerprint density at radius 1 is 1.25 bits per heavy atom. The van der Waals surface area contributed by atoms with Crippen molar-refractivity contribution in [3.63, 3.8) is 0 Å². The van der Waals surface area contributed by atoms with E-state index in [2.05, 4.69) is 14.9 Å². The van der Waals surface area contributed by atoms with Gasteiger partial charge in [0.2, 0.25) is 5.91 Å². The lowest BCUT2D eigenvalue weighted by Crippen LogP contribution is -2.37. The third-order valence-corrected chi connectivity index (χ3v) is 5.69. The molecule has 1 aliphatic heterocycles. The quantitative estimate of drug-likeness (QED) is 0.719. The van der Waals surface area contributed by atoms with Crippen molar-refractivity contribution >= 4 is 17.2 Å². The molecule has 3 heterocycles. The molecule has 3 aromatic rings. The van der Waals surface area contributed by atoms with E-state index in [4.69, 9.17) is 10.5 Å². The van der Waals surface area contributed by atoms with Crippen LogP contribution in [0.25, 0.3) is 11.1 Å². The Labute approximate surface area is 168 Å². The number of ether oxygens (including phenoxy) is 1. The number of rotatable bonds is 5. The predicted molar refractivity (Wildman–Crippen MR) is 109 cm³/mol. The molecule has 0 spiro atoms. The maximum atomic E-state index is 11.4. The standard InChI is InChI=1S/C21H22N4O2S/c1-14-23-11-18(28-14)12-25-7-8-27-20(13-25)19-6-5-17(10-24-19)15-3-2-4-16(9-15)21(22)26/h2-6,9-11,20H,7-8,12-13H2,1H3,(H2,22,26)/t20-/m1/s1. The largest absolute Gasteiger partial charge is 0.369 e. The van der Waals surface area contributed by atoms with Crippen LogP contribution in [0.5, 0.6) is 0 Å². The van der Waals surface area contributed by atoms with E-state index < -0.39 is 5.91 Å². The monoisotopic (exact) mass is 394 g/mol. The maximum absolute atomic E-state index is 11.4. The Kier molecular flexibility index (Phi) is 5.47. The number of aryl methyl sites for hydroxylation is 1. The van der Waals surface area contributed by atoms with Crippen LogP contribution in [-0.4, -0.2) is 40.5 Å². The van der Waals surface area contributed by atoms with Gasteiger partial charge in [-0.1, -0.05) is 18.2 Å². The van der Waals surface area contributed by atoms with Crippen LogP contribution in [0.3, 0.4) is 0 Å². The molecule has 0 saturated carbocycles. The van der Waals surface area contributed by atoms with Crippen molar-refractivity contribution in [1.82, 2.24) is 14.9 Å². The zero-order valence-electron chi connectivity index (χ0n) is 15.7. The van der Waals surface area contributed by atoms with Crippen LogP contribution in [-0.2, 0) is 11.3 Å². The number of aromatic nitrogens is 2. The second-order valence-electron chi connectivity index (χ2n) is 6.86. The van der Waals surface area contributed by atoms with Crippen LogP contribution in [0.4, 0.5) is 0 Å². The van der Waals surface area contributed by atoms with Crippen molar-refractivity contribution in [3.05, 3.63) is 69.9 Å². The van der Waals surface area contributed by atoms with Gasteiger partial charge in [0, 0.05) is 48.0 Å². The molecule has 1 amide bonds. The summed E-state index contributed by atoms with van der Waals surface area (Å²) in [5.41, 5.74) is 8.64. The molecule has 6 nitrogen and oxygen atoms in total. The molecule has 2 N–H and O–H groups in total. The molecule has 1 aromatic carbocycles. The number of carbonyl (C=O) groups excluding carboxylic acids is 1. The summed E-state index contributed by atoms with van der Waals surface area (Å²) < 4.78 is 5.96. The van der Waals surface area contributed by atoms with Crippen molar-refractivity contribution in [2.75, 3.05) is 19.7 Å². The van der Waals surface area contributed by atoms with E-state index in [1.807, 2.05) is 43.6 Å². The third-order valence-electron chi connectivity index (χ3n) is 4.80. The van der Waals surface area contributed by atoms with Gasteiger partial charge in [0.05, 0.1) is 17.3 Å². The summed E-state index contributed by atoms with van der Waals surface area (Å²) in [4.78, 5) is 24.0. The lowest BCUT2D eigenvalue weighted by molar-refractivity contribution is -0.0346. The van der Waals surface area contributed by atoms with Gasteiger partial charge in [0.25, 0.3) is 0 Å². The predicted octanol–water partition coefficient (Wildman–Crippen LogP) is 3.19. The molecule has 1 saturated heterocycles. The molecule has 0 unspecified atom stereocenters. The van der Waals surface area contributed by atoms with Crippen molar-refractivity contribution in [1.29, 1.82) is 0 Å². The van der Waals surface area contributed by atoms with Gasteiger partial charge in [-0.25, -0.2) is 4.98 Å². The minimum absolute atomic E-state index is 0.0474. The number of hydrogen-bond acceptors (Lipinski definition) is 6. The van der Waals surface area contributed by atoms with Crippen LogP contribution in [0, 0.1) is 6.92 Å². The summed E-state index contributed by atoms with van der Waals surface area (Å²) in [6, 6.07) is 11.3. The molecular formula is C21H22N4O2S. The van der Waals surface area contributed by atoms with Gasteiger partial charge >= 0.3 is 0 Å². The van der Waals surface area contributed by atoms with Gasteiger partial charge in [0.1, 0.15) is 6.10 Å². The highest BCUT2D eigenvalue weighted by Crippen LogP contribution is 2.26. The summed E-state index contributed by atoms with van der Waals surface area (Å²) in [7, 11) is 0. The highest BCUT2D eigenvalue weighted by Gasteiger charge is 2.23. The lowest BCUT2D eigenvalue weighted by Gasteiger charge is -2.32. The first kappa shape index (κ1) is 18.7. The Bertz CT molecular complexity index is 971. The first-order valence-corrected chi connectivity index (χ1v) is 10.0. The number of benzene rings is 1. The van der Waals surface area contributed by atoms with E-state index in [0.29, 0.717) is 12.2 Å². The number of amides is 1. The van der Waals surface area contributed by atoms with Crippen LogP contribution >= 0.6 is 11.3 Å². The number of primary amides is 1. The Morgan fingerprint density at radius 3 is 2.86 bits per heavy atom. The number of hydrogen-bond donors (Lipinski definition) is 1. The van der Waals surface area contributed by atoms with E-state index >= 15 is 0 Å². The van der Waals surface area contributed by atoms with E-state index in [0.717, 1.165) is 41.5 Å². The first-order valence-electron chi connectivity index (χ1n) is 9.20. The SMILES string of the molecule is Cc1ncc(CN2CCO[C@@H](c3ccc(-c4cccc(C(N)=O)c4)cn3)C2)s1. The zero-order chi connectivity index (χ0) is 19.5. The topological polar surface area (TPSA) is 81.3 Å². The molecule has 4 rings (SSSR count). The van der Waals surface area contributed by atoms with Crippen molar-refractivity contribution in [2.45, 2.75) is 19.6 Å². The summed E-state index contributed by atoms with van der Waals surface area (Å²) in [6.07, 6.45) is 3.73. The zero-order valence-corrected chi connectivity index (χ0v) is 16.5. The normalized spacial score (nSPS) is 17.5. The summed E-state index contributed by atoms with van der Waals surface area (Å²) in [6.45, 7) is 5.32.